The molecule has 0 spiro atoms. The highest BCUT2D eigenvalue weighted by molar-refractivity contribution is 7.89. The van der Waals surface area contributed by atoms with Crippen molar-refractivity contribution in [2.24, 2.45) is 5.14 Å². The number of sulfonamides is 1. The highest BCUT2D eigenvalue weighted by Gasteiger charge is 2.19. The Morgan fingerprint density at radius 3 is 2.56 bits per heavy atom. The number of nitro benzene ring substituents is 1. The van der Waals surface area contributed by atoms with E-state index in [4.69, 9.17) is 5.14 Å². The molecule has 1 aromatic carbocycles. The fraction of sp³-hybridized carbons (Fsp3) is 0.222. The van der Waals surface area contributed by atoms with Crippen LogP contribution in [0.1, 0.15) is 13.3 Å². The molecule has 0 saturated heterocycles. The lowest BCUT2D eigenvalue weighted by atomic mass is 10.2. The van der Waals surface area contributed by atoms with Crippen LogP contribution in [0.15, 0.2) is 23.1 Å². The van der Waals surface area contributed by atoms with E-state index < -0.39 is 31.4 Å². The van der Waals surface area contributed by atoms with Crippen LogP contribution in [0.3, 0.4) is 0 Å². The number of carbonyl (C=O) groups is 1. The van der Waals surface area contributed by atoms with E-state index in [0.717, 1.165) is 18.2 Å². The van der Waals surface area contributed by atoms with Crippen molar-refractivity contribution in [2.45, 2.75) is 18.2 Å². The van der Waals surface area contributed by atoms with Gasteiger partial charge in [0.05, 0.1) is 10.6 Å². The van der Waals surface area contributed by atoms with Gasteiger partial charge in [-0.15, -0.1) is 0 Å². The maximum Gasteiger partial charge on any atom is 0.270 e. The predicted molar refractivity (Wildman–Crippen MR) is 63.4 cm³/mol. The van der Waals surface area contributed by atoms with Crippen LogP contribution in [0.2, 0.25) is 0 Å². The van der Waals surface area contributed by atoms with Crippen LogP contribution >= 0.6 is 0 Å². The van der Waals surface area contributed by atoms with Gasteiger partial charge >= 0.3 is 0 Å². The molecule has 0 aliphatic rings. The van der Waals surface area contributed by atoms with Crippen molar-refractivity contribution in [2.75, 3.05) is 5.32 Å². The summed E-state index contributed by atoms with van der Waals surface area (Å²) in [6.07, 6.45) is 0.140. The summed E-state index contributed by atoms with van der Waals surface area (Å²) >= 11 is 0. The molecule has 0 heterocycles. The van der Waals surface area contributed by atoms with Gasteiger partial charge in [-0.25, -0.2) is 13.6 Å². The first-order valence-corrected chi connectivity index (χ1v) is 6.41. The fourth-order valence-corrected chi connectivity index (χ4v) is 1.91. The number of benzene rings is 1. The van der Waals surface area contributed by atoms with E-state index in [-0.39, 0.29) is 12.1 Å². The maximum atomic E-state index is 11.3. The predicted octanol–water partition coefficient (Wildman–Crippen LogP) is 0.591. The largest absolute Gasteiger partial charge is 0.325 e. The zero-order valence-corrected chi connectivity index (χ0v) is 10.2. The third kappa shape index (κ3) is 3.25. The van der Waals surface area contributed by atoms with E-state index in [0.29, 0.717) is 0 Å². The van der Waals surface area contributed by atoms with Gasteiger partial charge in [-0.3, -0.25) is 14.9 Å². The Morgan fingerprint density at radius 2 is 2.11 bits per heavy atom. The van der Waals surface area contributed by atoms with E-state index in [1.165, 1.54) is 0 Å². The number of carbonyl (C=O) groups excluding carboxylic acids is 1. The van der Waals surface area contributed by atoms with Gasteiger partial charge in [0.1, 0.15) is 4.90 Å². The van der Waals surface area contributed by atoms with Gasteiger partial charge in [-0.05, 0) is 6.07 Å². The highest BCUT2D eigenvalue weighted by atomic mass is 32.2. The smallest absolute Gasteiger partial charge is 0.270 e. The molecule has 98 valence electrons. The number of nitro groups is 1. The van der Waals surface area contributed by atoms with Crippen molar-refractivity contribution in [3.8, 4) is 0 Å². The highest BCUT2D eigenvalue weighted by Crippen LogP contribution is 2.25. The SMILES string of the molecule is CCC(=O)Nc1ccc([N+](=O)[O-])cc1S(N)(=O)=O. The van der Waals surface area contributed by atoms with Crippen LogP contribution < -0.4 is 10.5 Å². The van der Waals surface area contributed by atoms with E-state index in [2.05, 4.69) is 5.32 Å². The molecule has 0 aliphatic heterocycles. The van der Waals surface area contributed by atoms with Crippen LogP contribution in [-0.2, 0) is 14.8 Å². The molecular weight excluding hydrogens is 262 g/mol. The van der Waals surface area contributed by atoms with Gasteiger partial charge in [0, 0.05) is 18.6 Å². The van der Waals surface area contributed by atoms with Crippen molar-refractivity contribution >= 4 is 27.3 Å². The molecule has 0 unspecified atom stereocenters. The summed E-state index contributed by atoms with van der Waals surface area (Å²) in [5.74, 6) is -0.422. The molecule has 0 saturated carbocycles. The van der Waals surface area contributed by atoms with Crippen molar-refractivity contribution < 1.29 is 18.1 Å². The standard InChI is InChI=1S/C9H11N3O5S/c1-2-9(13)11-7-4-3-6(12(14)15)5-8(7)18(10,16)17/h3-5H,2H2,1H3,(H,11,13)(H2,10,16,17). The number of primary sulfonamides is 1. The molecule has 1 amide bonds. The lowest BCUT2D eigenvalue weighted by molar-refractivity contribution is -0.385. The van der Waals surface area contributed by atoms with E-state index >= 15 is 0 Å². The Labute approximate surface area is 103 Å². The molecule has 9 heteroatoms. The molecule has 0 fully saturated rings. The van der Waals surface area contributed by atoms with Gasteiger partial charge in [0.2, 0.25) is 15.9 Å². The monoisotopic (exact) mass is 273 g/mol. The van der Waals surface area contributed by atoms with Crippen LogP contribution in [0.4, 0.5) is 11.4 Å². The van der Waals surface area contributed by atoms with E-state index in [1.54, 1.807) is 6.92 Å². The number of nitrogens with zero attached hydrogens (tertiary/aromatic N) is 1. The Balaban J connectivity index is 3.35. The number of nitrogens with one attached hydrogen (secondary N) is 1. The molecule has 1 rings (SSSR count). The first kappa shape index (κ1) is 14.1. The zero-order chi connectivity index (χ0) is 13.9. The summed E-state index contributed by atoms with van der Waals surface area (Å²) < 4.78 is 22.6. The van der Waals surface area contributed by atoms with Crippen molar-refractivity contribution in [3.63, 3.8) is 0 Å². The molecule has 8 nitrogen and oxygen atoms in total. The zero-order valence-electron chi connectivity index (χ0n) is 9.41. The van der Waals surface area contributed by atoms with Crippen LogP contribution in [-0.4, -0.2) is 19.2 Å². The van der Waals surface area contributed by atoms with Gasteiger partial charge in [0.15, 0.2) is 0 Å². The third-order valence-corrected chi connectivity index (χ3v) is 3.03. The molecule has 0 atom stereocenters. The minimum absolute atomic E-state index is 0.0741. The van der Waals surface area contributed by atoms with Crippen LogP contribution in [0, 0.1) is 10.1 Å². The average molecular weight is 273 g/mol. The van der Waals surface area contributed by atoms with Gasteiger partial charge in [-0.1, -0.05) is 6.92 Å². The number of hydrogen-bond donors (Lipinski definition) is 2. The Hall–Kier alpha value is -2.00. The summed E-state index contributed by atoms with van der Waals surface area (Å²) in [5, 5.41) is 17.8. The van der Waals surface area contributed by atoms with Crippen LogP contribution in [0.5, 0.6) is 0 Å². The Kier molecular flexibility index (Phi) is 3.99. The van der Waals surface area contributed by atoms with Gasteiger partial charge in [0.25, 0.3) is 5.69 Å². The quantitative estimate of drug-likeness (QED) is 0.612. The summed E-state index contributed by atoms with van der Waals surface area (Å²) in [5.41, 5.74) is -0.497. The number of rotatable bonds is 4. The summed E-state index contributed by atoms with van der Waals surface area (Å²) in [6.45, 7) is 1.58. The second-order valence-corrected chi connectivity index (χ2v) is 4.91. The second-order valence-electron chi connectivity index (χ2n) is 3.38. The Morgan fingerprint density at radius 1 is 1.50 bits per heavy atom. The molecule has 0 radical (unpaired) electrons. The molecule has 3 N–H and O–H groups in total. The lowest BCUT2D eigenvalue weighted by Crippen LogP contribution is -2.18. The fourth-order valence-electron chi connectivity index (χ4n) is 1.20. The summed E-state index contributed by atoms with van der Waals surface area (Å²) in [4.78, 5) is 20.5. The van der Waals surface area contributed by atoms with Gasteiger partial charge in [-0.2, -0.15) is 0 Å². The first-order chi connectivity index (χ1) is 8.25. The number of nitrogens with two attached hydrogens (primary N) is 1. The molecular formula is C9H11N3O5S. The Bertz CT molecular complexity index is 596. The number of anilines is 1. The normalized spacial score (nSPS) is 11.0. The van der Waals surface area contributed by atoms with Gasteiger partial charge < -0.3 is 5.32 Å². The lowest BCUT2D eigenvalue weighted by Gasteiger charge is -2.08. The minimum Gasteiger partial charge on any atom is -0.325 e. The second kappa shape index (κ2) is 5.10. The van der Waals surface area contributed by atoms with Crippen LogP contribution in [0.25, 0.3) is 0 Å². The molecule has 1 aromatic rings. The number of non-ortho nitro benzene ring substituents is 1. The number of amides is 1. The molecule has 0 bridgehead atoms. The van der Waals surface area contributed by atoms with Crippen molar-refractivity contribution in [3.05, 3.63) is 28.3 Å². The van der Waals surface area contributed by atoms with Crippen molar-refractivity contribution in [1.29, 1.82) is 0 Å². The summed E-state index contributed by atoms with van der Waals surface area (Å²) in [7, 11) is -4.16. The summed E-state index contributed by atoms with van der Waals surface area (Å²) in [6, 6.07) is 3.02. The molecule has 0 aromatic heterocycles. The number of hydrogen-bond acceptors (Lipinski definition) is 5. The topological polar surface area (TPSA) is 132 Å². The minimum atomic E-state index is -4.16. The van der Waals surface area contributed by atoms with E-state index in [9.17, 15) is 23.3 Å². The average Bonchev–Trinajstić information content (AvgIpc) is 2.27. The van der Waals surface area contributed by atoms with E-state index in [1.807, 2.05) is 0 Å². The molecule has 18 heavy (non-hydrogen) atoms. The van der Waals surface area contributed by atoms with Crippen molar-refractivity contribution in [1.82, 2.24) is 0 Å². The third-order valence-electron chi connectivity index (χ3n) is 2.08. The maximum absolute atomic E-state index is 11.3. The first-order valence-electron chi connectivity index (χ1n) is 4.86. The molecule has 0 aliphatic carbocycles.